The van der Waals surface area contributed by atoms with Gasteiger partial charge in [0, 0.05) is 0 Å². The van der Waals surface area contributed by atoms with E-state index in [4.69, 9.17) is 16.2 Å². The van der Waals surface area contributed by atoms with Crippen molar-refractivity contribution in [3.8, 4) is 11.5 Å². The molecule has 0 aliphatic carbocycles. The van der Waals surface area contributed by atoms with Crippen molar-refractivity contribution in [2.45, 2.75) is 30.6 Å². The fourth-order valence-electron chi connectivity index (χ4n) is 2.79. The number of phenols is 1. The van der Waals surface area contributed by atoms with Crippen molar-refractivity contribution in [3.63, 3.8) is 0 Å². The number of benzene rings is 2. The first kappa shape index (κ1) is 24.2. The predicted molar refractivity (Wildman–Crippen MR) is 118 cm³/mol. The van der Waals surface area contributed by atoms with Crippen LogP contribution in [0.2, 0.25) is 0 Å². The van der Waals surface area contributed by atoms with Gasteiger partial charge in [-0.25, -0.2) is 4.99 Å². The second kappa shape index (κ2) is 11.3. The molecular weight excluding hydrogens is 422 g/mol. The standard InChI is InChI=1S/C21H27N3O6S/c22-21(23)24-14-30-18-11-4-15(5-12-18)6-13-19(31(27,28)29)2-1-3-20(26)16-7-9-17(25)10-8-16/h1,3-5,7-12,19-20,25-26H,2,6,13-14H2,(H4,22,23,24)(H,27,28,29). The summed E-state index contributed by atoms with van der Waals surface area (Å²) in [7, 11) is -4.26. The molecule has 9 nitrogen and oxygen atoms in total. The Bertz CT molecular complexity index is 985. The minimum Gasteiger partial charge on any atom is -0.508 e. The number of rotatable bonds is 11. The number of aryl methyl sites for hydroxylation is 1. The summed E-state index contributed by atoms with van der Waals surface area (Å²) in [4.78, 5) is 3.71. The molecule has 2 aromatic carbocycles. The van der Waals surface area contributed by atoms with Crippen molar-refractivity contribution >= 4 is 16.1 Å². The summed E-state index contributed by atoms with van der Waals surface area (Å²) in [6.07, 6.45) is 2.70. The van der Waals surface area contributed by atoms with Crippen molar-refractivity contribution in [2.24, 2.45) is 16.5 Å². The highest BCUT2D eigenvalue weighted by atomic mass is 32.2. The number of hydrogen-bond donors (Lipinski definition) is 5. The summed E-state index contributed by atoms with van der Waals surface area (Å²) in [5.74, 6) is 0.573. The van der Waals surface area contributed by atoms with Crippen LogP contribution in [-0.4, -0.2) is 41.1 Å². The number of aliphatic hydroxyl groups excluding tert-OH is 1. The summed E-state index contributed by atoms with van der Waals surface area (Å²) in [5, 5.41) is 18.4. The molecule has 0 heterocycles. The molecular formula is C21H27N3O6S. The van der Waals surface area contributed by atoms with Crippen LogP contribution in [0, 0.1) is 0 Å². The van der Waals surface area contributed by atoms with E-state index < -0.39 is 21.5 Å². The average Bonchev–Trinajstić information content (AvgIpc) is 2.70. The molecule has 0 saturated heterocycles. The van der Waals surface area contributed by atoms with E-state index in [9.17, 15) is 23.2 Å². The number of ether oxygens (including phenoxy) is 1. The van der Waals surface area contributed by atoms with Gasteiger partial charge in [0.2, 0.25) is 0 Å². The smallest absolute Gasteiger partial charge is 0.268 e. The van der Waals surface area contributed by atoms with E-state index in [2.05, 4.69) is 4.99 Å². The van der Waals surface area contributed by atoms with Crippen LogP contribution in [0.25, 0.3) is 0 Å². The van der Waals surface area contributed by atoms with Crippen LogP contribution in [-0.2, 0) is 16.5 Å². The fraction of sp³-hybridized carbons (Fsp3) is 0.286. The SMILES string of the molecule is NC(N)=NCOc1ccc(CCC(CC=CC(O)c2ccc(O)cc2)S(=O)(=O)O)cc1. The minimum absolute atomic E-state index is 0.00512. The van der Waals surface area contributed by atoms with Crippen LogP contribution in [0.1, 0.15) is 30.1 Å². The lowest BCUT2D eigenvalue weighted by Crippen LogP contribution is -2.23. The summed E-state index contributed by atoms with van der Waals surface area (Å²) < 4.78 is 38.4. The molecule has 0 spiro atoms. The van der Waals surface area contributed by atoms with Gasteiger partial charge in [-0.1, -0.05) is 36.4 Å². The zero-order chi connectivity index (χ0) is 22.9. The Hall–Kier alpha value is -3.08. The number of phenolic OH excluding ortho intramolecular Hbond substituents is 1. The predicted octanol–water partition coefficient (Wildman–Crippen LogP) is 1.87. The zero-order valence-corrected chi connectivity index (χ0v) is 17.6. The molecule has 0 bridgehead atoms. The van der Waals surface area contributed by atoms with E-state index in [1.54, 1.807) is 36.4 Å². The van der Waals surface area contributed by atoms with Gasteiger partial charge in [0.05, 0.1) is 11.4 Å². The summed E-state index contributed by atoms with van der Waals surface area (Å²) >= 11 is 0. The van der Waals surface area contributed by atoms with Crippen LogP contribution in [0.15, 0.2) is 65.7 Å². The second-order valence-corrected chi connectivity index (χ2v) is 8.57. The van der Waals surface area contributed by atoms with Gasteiger partial charge in [-0.15, -0.1) is 0 Å². The Morgan fingerprint density at radius 1 is 1.10 bits per heavy atom. The van der Waals surface area contributed by atoms with Crippen molar-refractivity contribution in [3.05, 3.63) is 71.8 Å². The molecule has 10 heteroatoms. The van der Waals surface area contributed by atoms with E-state index in [1.807, 2.05) is 0 Å². The van der Waals surface area contributed by atoms with Crippen molar-refractivity contribution in [1.82, 2.24) is 0 Å². The van der Waals surface area contributed by atoms with Crippen LogP contribution < -0.4 is 16.2 Å². The highest BCUT2D eigenvalue weighted by Gasteiger charge is 2.21. The normalized spacial score (nSPS) is 13.6. The van der Waals surface area contributed by atoms with Crippen molar-refractivity contribution in [2.75, 3.05) is 6.73 Å². The van der Waals surface area contributed by atoms with E-state index in [1.165, 1.54) is 24.3 Å². The Morgan fingerprint density at radius 2 is 1.74 bits per heavy atom. The molecule has 168 valence electrons. The molecule has 31 heavy (non-hydrogen) atoms. The van der Waals surface area contributed by atoms with E-state index in [0.29, 0.717) is 17.7 Å². The van der Waals surface area contributed by atoms with Gasteiger partial charge in [0.15, 0.2) is 12.7 Å². The third kappa shape index (κ3) is 8.67. The quantitative estimate of drug-likeness (QED) is 0.150. The Balaban J connectivity index is 1.91. The number of nitrogens with two attached hydrogens (primary N) is 2. The third-order valence-corrected chi connectivity index (χ3v) is 5.80. The number of aliphatic hydroxyl groups is 1. The first-order valence-corrected chi connectivity index (χ1v) is 11.0. The number of nitrogens with zero attached hydrogens (tertiary/aromatic N) is 1. The molecule has 2 rings (SSSR count). The largest absolute Gasteiger partial charge is 0.508 e. The highest BCUT2D eigenvalue weighted by Crippen LogP contribution is 2.20. The van der Waals surface area contributed by atoms with E-state index >= 15 is 0 Å². The van der Waals surface area contributed by atoms with E-state index in [-0.39, 0.29) is 31.3 Å². The van der Waals surface area contributed by atoms with Gasteiger partial charge < -0.3 is 26.4 Å². The van der Waals surface area contributed by atoms with Gasteiger partial charge in [-0.2, -0.15) is 8.42 Å². The fourth-order valence-corrected chi connectivity index (χ4v) is 3.56. The molecule has 2 unspecified atom stereocenters. The molecule has 0 aromatic heterocycles. The van der Waals surface area contributed by atoms with Gasteiger partial charge in [0.1, 0.15) is 11.5 Å². The van der Waals surface area contributed by atoms with Gasteiger partial charge >= 0.3 is 0 Å². The Morgan fingerprint density at radius 3 is 2.32 bits per heavy atom. The summed E-state index contributed by atoms with van der Waals surface area (Å²) in [5.41, 5.74) is 11.9. The second-order valence-electron chi connectivity index (χ2n) is 6.88. The first-order valence-electron chi connectivity index (χ1n) is 9.52. The van der Waals surface area contributed by atoms with Gasteiger partial charge in [-0.3, -0.25) is 4.55 Å². The molecule has 2 atom stereocenters. The number of guanidine groups is 1. The maximum absolute atomic E-state index is 11.7. The molecule has 0 fully saturated rings. The minimum atomic E-state index is -4.26. The maximum atomic E-state index is 11.7. The van der Waals surface area contributed by atoms with Crippen LogP contribution in [0.4, 0.5) is 0 Å². The lowest BCUT2D eigenvalue weighted by Gasteiger charge is -2.13. The van der Waals surface area contributed by atoms with Crippen molar-refractivity contribution < 1.29 is 27.9 Å². The maximum Gasteiger partial charge on any atom is 0.268 e. The Labute approximate surface area is 181 Å². The number of hydrogen-bond acceptors (Lipinski definition) is 6. The number of allylic oxidation sites excluding steroid dienone is 1. The first-order chi connectivity index (χ1) is 14.6. The molecule has 0 aliphatic heterocycles. The van der Waals surface area contributed by atoms with Crippen molar-refractivity contribution in [1.29, 1.82) is 0 Å². The third-order valence-electron chi connectivity index (χ3n) is 4.53. The summed E-state index contributed by atoms with van der Waals surface area (Å²) in [6, 6.07) is 13.0. The molecule has 0 aliphatic rings. The molecule has 0 amide bonds. The van der Waals surface area contributed by atoms with E-state index in [0.717, 1.165) is 5.56 Å². The topological polar surface area (TPSA) is 168 Å². The monoisotopic (exact) mass is 449 g/mol. The van der Waals surface area contributed by atoms with Gasteiger partial charge in [0.25, 0.3) is 10.1 Å². The molecule has 2 aromatic rings. The lowest BCUT2D eigenvalue weighted by molar-refractivity contribution is 0.228. The highest BCUT2D eigenvalue weighted by molar-refractivity contribution is 7.86. The Kier molecular flexibility index (Phi) is 8.86. The molecule has 0 saturated carbocycles. The zero-order valence-electron chi connectivity index (χ0n) is 16.8. The molecule has 0 radical (unpaired) electrons. The van der Waals surface area contributed by atoms with Crippen LogP contribution in [0.5, 0.6) is 11.5 Å². The summed E-state index contributed by atoms with van der Waals surface area (Å²) in [6.45, 7) is -0.00512. The van der Waals surface area contributed by atoms with Crippen LogP contribution >= 0.6 is 0 Å². The number of aliphatic imine (C=N–C) groups is 1. The number of aromatic hydroxyl groups is 1. The van der Waals surface area contributed by atoms with Gasteiger partial charge in [-0.05, 0) is 54.7 Å². The molecule has 7 N–H and O–H groups in total. The lowest BCUT2D eigenvalue weighted by atomic mass is 10.1. The average molecular weight is 450 g/mol. The van der Waals surface area contributed by atoms with Crippen LogP contribution in [0.3, 0.4) is 0 Å².